The van der Waals surface area contributed by atoms with E-state index in [1.54, 1.807) is 20.2 Å². The summed E-state index contributed by atoms with van der Waals surface area (Å²) in [6, 6.07) is 2.00. The lowest BCUT2D eigenvalue weighted by Crippen LogP contribution is -2.37. The second-order valence-corrected chi connectivity index (χ2v) is 4.28. The topological polar surface area (TPSA) is 58.1 Å². The summed E-state index contributed by atoms with van der Waals surface area (Å²) in [6.07, 6.45) is 4.95. The van der Waals surface area contributed by atoms with Crippen LogP contribution >= 0.6 is 0 Å². The van der Waals surface area contributed by atoms with Crippen LogP contribution in [0.5, 0.6) is 0 Å². The van der Waals surface area contributed by atoms with Gasteiger partial charge in [0.2, 0.25) is 11.9 Å². The Morgan fingerprint density at radius 2 is 2.35 bits per heavy atom. The maximum Gasteiger partial charge on any atom is 0.222 e. The first-order valence-corrected chi connectivity index (χ1v) is 6.00. The molecule has 1 amide bonds. The molecule has 1 saturated heterocycles. The molecule has 1 fully saturated rings. The molecule has 0 radical (unpaired) electrons. The summed E-state index contributed by atoms with van der Waals surface area (Å²) in [5.74, 6) is 0.732. The van der Waals surface area contributed by atoms with Crippen molar-refractivity contribution in [2.24, 2.45) is 0 Å². The van der Waals surface area contributed by atoms with Crippen LogP contribution in [0.4, 0.5) is 5.95 Å². The fraction of sp³-hybridized carbons (Fsp3) is 0.583. The van der Waals surface area contributed by atoms with Crippen LogP contribution < -0.4 is 5.32 Å². The summed E-state index contributed by atoms with van der Waals surface area (Å²) in [6.45, 7) is 2.46. The largest absolute Gasteiger partial charge is 0.357 e. The summed E-state index contributed by atoms with van der Waals surface area (Å²) in [5.41, 5.74) is 0.930. The number of nitrogens with one attached hydrogen (secondary N) is 1. The summed E-state index contributed by atoms with van der Waals surface area (Å²) >= 11 is 0. The first-order valence-electron chi connectivity index (χ1n) is 6.00. The second-order valence-electron chi connectivity index (χ2n) is 4.28. The quantitative estimate of drug-likeness (QED) is 0.844. The minimum atomic E-state index is 0.108. The number of piperidine rings is 1. The van der Waals surface area contributed by atoms with Gasteiger partial charge < -0.3 is 10.2 Å². The van der Waals surface area contributed by atoms with E-state index in [0.29, 0.717) is 5.95 Å². The number of nitrogens with zero attached hydrogens (tertiary/aromatic N) is 3. The van der Waals surface area contributed by atoms with Crippen molar-refractivity contribution in [2.75, 3.05) is 18.9 Å². The van der Waals surface area contributed by atoms with E-state index in [1.807, 2.05) is 11.0 Å². The Labute approximate surface area is 101 Å². The van der Waals surface area contributed by atoms with Gasteiger partial charge in [-0.25, -0.2) is 9.97 Å². The lowest BCUT2D eigenvalue weighted by atomic mass is 9.99. The number of aromatic nitrogens is 2. The molecule has 1 aromatic heterocycles. The molecule has 2 heterocycles. The smallest absolute Gasteiger partial charge is 0.222 e. The van der Waals surface area contributed by atoms with E-state index >= 15 is 0 Å². The van der Waals surface area contributed by atoms with Crippen LogP contribution in [0.25, 0.3) is 0 Å². The molecule has 0 spiro atoms. The van der Waals surface area contributed by atoms with Gasteiger partial charge in [0.25, 0.3) is 0 Å². The molecule has 5 nitrogen and oxygen atoms in total. The summed E-state index contributed by atoms with van der Waals surface area (Å²) in [4.78, 5) is 22.0. The van der Waals surface area contributed by atoms with Crippen molar-refractivity contribution in [2.45, 2.75) is 32.2 Å². The first-order chi connectivity index (χ1) is 8.22. The molecule has 0 saturated carbocycles. The number of likely N-dealkylation sites (tertiary alicyclic amines) is 1. The Kier molecular flexibility index (Phi) is 3.56. The second kappa shape index (κ2) is 5.12. The molecule has 92 valence electrons. The van der Waals surface area contributed by atoms with Crippen molar-refractivity contribution in [3.05, 3.63) is 18.0 Å². The highest BCUT2D eigenvalue weighted by Crippen LogP contribution is 2.29. The number of hydrogen-bond acceptors (Lipinski definition) is 4. The third kappa shape index (κ3) is 2.54. The highest BCUT2D eigenvalue weighted by atomic mass is 16.2. The first kappa shape index (κ1) is 11.8. The maximum atomic E-state index is 11.6. The van der Waals surface area contributed by atoms with Crippen molar-refractivity contribution >= 4 is 11.9 Å². The average molecular weight is 234 g/mol. The summed E-state index contributed by atoms with van der Waals surface area (Å²) in [7, 11) is 1.79. The molecule has 0 bridgehead atoms. The van der Waals surface area contributed by atoms with Gasteiger partial charge in [-0.2, -0.15) is 0 Å². The third-order valence-corrected chi connectivity index (χ3v) is 3.15. The molecule has 0 aliphatic carbocycles. The van der Waals surface area contributed by atoms with E-state index in [4.69, 9.17) is 0 Å². The predicted octanol–water partition coefficient (Wildman–Crippen LogP) is 1.59. The van der Waals surface area contributed by atoms with Gasteiger partial charge in [-0.15, -0.1) is 0 Å². The number of rotatable bonds is 2. The van der Waals surface area contributed by atoms with E-state index in [9.17, 15) is 4.79 Å². The zero-order chi connectivity index (χ0) is 12.3. The van der Waals surface area contributed by atoms with Gasteiger partial charge >= 0.3 is 0 Å². The van der Waals surface area contributed by atoms with Gasteiger partial charge in [-0.05, 0) is 25.3 Å². The number of anilines is 1. The molecule has 2 rings (SSSR count). The van der Waals surface area contributed by atoms with Gasteiger partial charge in [0, 0.05) is 26.7 Å². The molecule has 1 aliphatic heterocycles. The van der Waals surface area contributed by atoms with E-state index in [0.717, 1.165) is 31.5 Å². The van der Waals surface area contributed by atoms with Crippen molar-refractivity contribution in [3.63, 3.8) is 0 Å². The number of carbonyl (C=O) groups is 1. The summed E-state index contributed by atoms with van der Waals surface area (Å²) in [5, 5.41) is 2.92. The van der Waals surface area contributed by atoms with Crippen LogP contribution in [0.2, 0.25) is 0 Å². The highest BCUT2D eigenvalue weighted by Gasteiger charge is 2.26. The zero-order valence-corrected chi connectivity index (χ0v) is 10.3. The molecule has 1 atom stereocenters. The van der Waals surface area contributed by atoms with Crippen molar-refractivity contribution in [3.8, 4) is 0 Å². The van der Waals surface area contributed by atoms with Crippen LogP contribution in [0, 0.1) is 0 Å². The zero-order valence-electron chi connectivity index (χ0n) is 10.3. The molecular formula is C12H18N4O. The molecular weight excluding hydrogens is 216 g/mol. The van der Waals surface area contributed by atoms with Crippen LogP contribution in [-0.2, 0) is 4.79 Å². The molecule has 17 heavy (non-hydrogen) atoms. The SMILES string of the molecule is CNc1nccc([C@H]2CCCCN2C(C)=O)n1. The van der Waals surface area contributed by atoms with Crippen molar-refractivity contribution in [1.29, 1.82) is 0 Å². The standard InChI is InChI=1S/C12H18N4O/c1-9(17)16-8-4-3-5-11(16)10-6-7-14-12(13-2)15-10/h6-7,11H,3-5,8H2,1-2H3,(H,13,14,15)/t11-/m1/s1. The third-order valence-electron chi connectivity index (χ3n) is 3.15. The predicted molar refractivity (Wildman–Crippen MR) is 65.6 cm³/mol. The number of carbonyl (C=O) groups excluding carboxylic acids is 1. The summed E-state index contributed by atoms with van der Waals surface area (Å²) < 4.78 is 0. The molecule has 0 unspecified atom stereocenters. The Morgan fingerprint density at radius 1 is 1.53 bits per heavy atom. The number of amides is 1. The minimum Gasteiger partial charge on any atom is -0.357 e. The highest BCUT2D eigenvalue weighted by molar-refractivity contribution is 5.73. The average Bonchev–Trinajstić information content (AvgIpc) is 2.39. The lowest BCUT2D eigenvalue weighted by molar-refractivity contribution is -0.132. The minimum absolute atomic E-state index is 0.108. The van der Waals surface area contributed by atoms with E-state index < -0.39 is 0 Å². The lowest BCUT2D eigenvalue weighted by Gasteiger charge is -2.34. The maximum absolute atomic E-state index is 11.6. The van der Waals surface area contributed by atoms with Crippen molar-refractivity contribution < 1.29 is 4.79 Å². The van der Waals surface area contributed by atoms with E-state index in [2.05, 4.69) is 15.3 Å². The Balaban J connectivity index is 2.26. The van der Waals surface area contributed by atoms with Gasteiger partial charge in [0.15, 0.2) is 0 Å². The van der Waals surface area contributed by atoms with Crippen molar-refractivity contribution in [1.82, 2.24) is 14.9 Å². The monoisotopic (exact) mass is 234 g/mol. The fourth-order valence-corrected chi connectivity index (χ4v) is 2.29. The van der Waals surface area contributed by atoms with Gasteiger partial charge in [-0.3, -0.25) is 4.79 Å². The van der Waals surface area contributed by atoms with Crippen LogP contribution in [0.15, 0.2) is 12.3 Å². The van der Waals surface area contributed by atoms with Gasteiger partial charge in [-0.1, -0.05) is 0 Å². The Morgan fingerprint density at radius 3 is 3.06 bits per heavy atom. The Hall–Kier alpha value is -1.65. The fourth-order valence-electron chi connectivity index (χ4n) is 2.29. The van der Waals surface area contributed by atoms with Crippen LogP contribution in [0.1, 0.15) is 37.9 Å². The normalized spacial score (nSPS) is 20.1. The van der Waals surface area contributed by atoms with Gasteiger partial charge in [0.1, 0.15) is 0 Å². The van der Waals surface area contributed by atoms with E-state index in [1.165, 1.54) is 0 Å². The van der Waals surface area contributed by atoms with E-state index in [-0.39, 0.29) is 11.9 Å². The molecule has 1 aliphatic rings. The Bertz CT molecular complexity index is 407. The molecule has 1 aromatic rings. The van der Waals surface area contributed by atoms with Gasteiger partial charge in [0.05, 0.1) is 11.7 Å². The molecule has 0 aromatic carbocycles. The molecule has 1 N–H and O–H groups in total. The molecule has 5 heteroatoms. The van der Waals surface area contributed by atoms with Crippen LogP contribution in [-0.4, -0.2) is 34.4 Å². The number of hydrogen-bond donors (Lipinski definition) is 1. The van der Waals surface area contributed by atoms with Crippen LogP contribution in [0.3, 0.4) is 0 Å².